The summed E-state index contributed by atoms with van der Waals surface area (Å²) in [5, 5.41) is 67.0. The van der Waals surface area contributed by atoms with Gasteiger partial charge in [-0.15, -0.1) is 0 Å². The minimum absolute atomic E-state index is 0.172. The summed E-state index contributed by atoms with van der Waals surface area (Å²) in [5.74, 6) is -2.82. The Morgan fingerprint density at radius 1 is 0.986 bits per heavy atom. The average molecular weight is 1020 g/mol. The first kappa shape index (κ1) is 60.7. The Morgan fingerprint density at radius 2 is 1.59 bits per heavy atom. The third-order valence-electron chi connectivity index (χ3n) is 14.6. The van der Waals surface area contributed by atoms with Crippen molar-refractivity contribution in [2.75, 3.05) is 47.4 Å². The van der Waals surface area contributed by atoms with Crippen LogP contribution in [0, 0.1) is 17.8 Å². The fourth-order valence-corrected chi connectivity index (χ4v) is 10.6. The van der Waals surface area contributed by atoms with Crippen LogP contribution in [0.3, 0.4) is 0 Å². The number of esters is 1. The number of nitrogens with one attached hydrogen (secondary N) is 2. The minimum Gasteiger partial charge on any atom is -0.459 e. The Bertz CT molecular complexity index is 1830. The number of thiocarbonyl (C=S) groups is 1. The lowest BCUT2D eigenvalue weighted by Gasteiger charge is -2.47. The van der Waals surface area contributed by atoms with Crippen LogP contribution in [0.25, 0.3) is 0 Å². The molecule has 71 heavy (non-hydrogen) atoms. The number of aliphatic hydroxyl groups is 5. The molecule has 0 saturated carbocycles. The van der Waals surface area contributed by atoms with Crippen molar-refractivity contribution in [3.05, 3.63) is 71.8 Å². The number of likely N-dealkylation sites (N-methyl/N-ethyl adjacent to an activating group) is 1. The van der Waals surface area contributed by atoms with Crippen LogP contribution < -0.4 is 10.6 Å². The molecule has 0 radical (unpaired) electrons. The van der Waals surface area contributed by atoms with Gasteiger partial charge in [0.15, 0.2) is 17.7 Å². The number of hydrogen-bond donors (Lipinski definition) is 7. The van der Waals surface area contributed by atoms with E-state index >= 15 is 0 Å². The second-order valence-corrected chi connectivity index (χ2v) is 21.5. The van der Waals surface area contributed by atoms with Gasteiger partial charge in [-0.25, -0.2) is 0 Å². The van der Waals surface area contributed by atoms with Gasteiger partial charge in [0.1, 0.15) is 23.9 Å². The second kappa shape index (κ2) is 28.1. The third-order valence-corrected chi connectivity index (χ3v) is 14.9. The van der Waals surface area contributed by atoms with Crippen LogP contribution in [0.5, 0.6) is 0 Å². The monoisotopic (exact) mass is 1020 g/mol. The average Bonchev–Trinajstić information content (AvgIpc) is 3.32. The summed E-state index contributed by atoms with van der Waals surface area (Å²) in [5.41, 5.74) is -1.41. The fourth-order valence-electron chi connectivity index (χ4n) is 10.4. The number of methoxy groups -OCH3 is 1. The van der Waals surface area contributed by atoms with E-state index in [1.54, 1.807) is 41.7 Å². The molecular formula is C54H90N4O12S. The quantitative estimate of drug-likeness (QED) is 0.0420. The molecule has 2 fully saturated rings. The van der Waals surface area contributed by atoms with Crippen LogP contribution in [0.4, 0.5) is 0 Å². The fraction of sp³-hybridized carbons (Fsp3) is 0.741. The molecule has 16 nitrogen and oxygen atoms in total. The van der Waals surface area contributed by atoms with Gasteiger partial charge in [-0.05, 0) is 118 Å². The van der Waals surface area contributed by atoms with Gasteiger partial charge in [-0.1, -0.05) is 81.4 Å². The van der Waals surface area contributed by atoms with E-state index in [1.807, 2.05) is 83.1 Å². The Morgan fingerprint density at radius 3 is 2.14 bits per heavy atom. The summed E-state index contributed by atoms with van der Waals surface area (Å²) in [6.07, 6.45) is -8.00. The molecule has 17 atom stereocenters. The highest BCUT2D eigenvalue weighted by molar-refractivity contribution is 7.80. The van der Waals surface area contributed by atoms with Crippen LogP contribution in [-0.4, -0.2) is 179 Å². The van der Waals surface area contributed by atoms with E-state index in [-0.39, 0.29) is 50.0 Å². The Labute approximate surface area is 430 Å². The number of cyclic esters (lactones) is 1. The molecule has 2 aliphatic rings. The van der Waals surface area contributed by atoms with Gasteiger partial charge < -0.3 is 69.5 Å². The molecule has 4 rings (SSSR count). The highest BCUT2D eigenvalue weighted by atomic mass is 32.1. The van der Waals surface area contributed by atoms with E-state index < -0.39 is 90.4 Å². The van der Waals surface area contributed by atoms with Crippen LogP contribution in [0.1, 0.15) is 119 Å². The number of carbonyl (C=O) groups is 1. The van der Waals surface area contributed by atoms with Crippen molar-refractivity contribution in [2.45, 2.75) is 192 Å². The number of aliphatic hydroxyl groups excluding tert-OH is 3. The molecule has 2 heterocycles. The number of ether oxygens (including phenoxy) is 6. The van der Waals surface area contributed by atoms with Crippen LogP contribution in [0.15, 0.2) is 60.7 Å². The summed E-state index contributed by atoms with van der Waals surface area (Å²) < 4.78 is 37.9. The molecule has 2 aliphatic heterocycles. The highest BCUT2D eigenvalue weighted by Gasteiger charge is 2.51. The first-order chi connectivity index (χ1) is 33.4. The first-order valence-electron chi connectivity index (χ1n) is 25.8. The van der Waals surface area contributed by atoms with E-state index in [1.165, 1.54) is 6.92 Å². The summed E-state index contributed by atoms with van der Waals surface area (Å²) in [6.45, 7) is 19.1. The zero-order valence-electron chi connectivity index (χ0n) is 44.8. The van der Waals surface area contributed by atoms with Crippen molar-refractivity contribution in [1.29, 1.82) is 0 Å². The topological polar surface area (TPSA) is 204 Å². The number of carbonyl (C=O) groups excluding carboxylic acids is 1. The van der Waals surface area contributed by atoms with E-state index in [4.69, 9.17) is 40.6 Å². The third kappa shape index (κ3) is 17.1. The Kier molecular flexibility index (Phi) is 24.0. The maximum Gasteiger partial charge on any atom is 0.311 e. The van der Waals surface area contributed by atoms with Crippen molar-refractivity contribution in [1.82, 2.24) is 20.4 Å². The highest BCUT2D eigenvalue weighted by Crippen LogP contribution is 2.38. The summed E-state index contributed by atoms with van der Waals surface area (Å²) in [4.78, 5) is 18.6. The van der Waals surface area contributed by atoms with E-state index in [0.717, 1.165) is 11.1 Å². The molecule has 0 bridgehead atoms. The smallest absolute Gasteiger partial charge is 0.311 e. The molecule has 0 aliphatic carbocycles. The molecule has 0 amide bonds. The lowest BCUT2D eigenvalue weighted by atomic mass is 9.77. The number of rotatable bonds is 19. The van der Waals surface area contributed by atoms with E-state index in [0.29, 0.717) is 37.6 Å². The van der Waals surface area contributed by atoms with Gasteiger partial charge in [0, 0.05) is 51.2 Å². The normalized spacial score (nSPS) is 34.2. The predicted molar refractivity (Wildman–Crippen MR) is 278 cm³/mol. The van der Waals surface area contributed by atoms with Crippen molar-refractivity contribution in [3.63, 3.8) is 0 Å². The maximum absolute atomic E-state index is 14.6. The number of benzene rings is 2. The second-order valence-electron chi connectivity index (χ2n) is 21.1. The number of nitrogens with zero attached hydrogens (tertiary/aromatic N) is 2. The molecule has 0 aromatic heterocycles. The molecule has 17 heteroatoms. The zero-order valence-corrected chi connectivity index (χ0v) is 45.6. The Hall–Kier alpha value is -2.88. The largest absolute Gasteiger partial charge is 0.459 e. The predicted octanol–water partition coefficient (Wildman–Crippen LogP) is 5.16. The van der Waals surface area contributed by atoms with Gasteiger partial charge in [-0.2, -0.15) is 0 Å². The van der Waals surface area contributed by atoms with Crippen LogP contribution in [0.2, 0.25) is 0 Å². The summed E-state index contributed by atoms with van der Waals surface area (Å²) in [7, 11) is 5.32. The standard InChI is InChI=1S/C54H90N4O12S/c1-14-43-54(10,64)48(61)37(6)58(28-21-27-55-52(71)56-45(40-22-17-15-18-23-40)41-24-19-16-20-25-41)32-33(2)31-53(9,63)49(70-51-46(60)42(57(11)12)30-34(3)66-51)35(4)47(36(5)50(62)68-43)69-44(26-29-65-13)67-39(8)38(7)59/h15-20,22-25,33-39,42-49,51,59-61,63-64H,14,21,26-32H2,1-13H3,(H2,55,56,71)/t33-,34-,35+,36-,37-,38-,39+,42+,43-,44+,46-,47+,48-,49-,51+,53-,54-/m1/s1. The van der Waals surface area contributed by atoms with Gasteiger partial charge in [0.05, 0.1) is 54.7 Å². The minimum atomic E-state index is -1.90. The SMILES string of the molecule is CC[C@H]1OC(=O)[C@H](C)[C@@H](O[C@@H](CCOC)O[C@@H](C)[C@@H](C)O)[C@H](C)[C@@H](O[C@@H]2O[C@H](C)C[C@H](N(C)C)[C@H]2O)[C@](C)(O)C[C@@H](C)CN(CCCNC(=S)NC(c2ccccc2)c2ccccc2)[C@H](C)[C@@H](O)[C@]1(C)O. The van der Waals surface area contributed by atoms with Gasteiger partial charge in [-0.3, -0.25) is 9.69 Å². The molecule has 2 aromatic carbocycles. The maximum atomic E-state index is 14.6. The van der Waals surface area contributed by atoms with E-state index in [9.17, 15) is 30.3 Å². The van der Waals surface area contributed by atoms with Crippen molar-refractivity contribution in [3.8, 4) is 0 Å². The van der Waals surface area contributed by atoms with Gasteiger partial charge in [0.2, 0.25) is 0 Å². The van der Waals surface area contributed by atoms with Crippen LogP contribution in [-0.2, 0) is 33.2 Å². The van der Waals surface area contributed by atoms with Crippen molar-refractivity contribution in [2.24, 2.45) is 17.8 Å². The zero-order chi connectivity index (χ0) is 52.8. The molecule has 404 valence electrons. The lowest BCUT2D eigenvalue weighted by molar-refractivity contribution is -0.306. The number of hydrogen-bond acceptors (Lipinski definition) is 15. The first-order valence-corrected chi connectivity index (χ1v) is 26.2. The van der Waals surface area contributed by atoms with E-state index in [2.05, 4.69) is 39.8 Å². The molecular weight excluding hydrogens is 929 g/mol. The molecule has 7 N–H and O–H groups in total. The van der Waals surface area contributed by atoms with Crippen LogP contribution >= 0.6 is 12.2 Å². The van der Waals surface area contributed by atoms with Crippen molar-refractivity contribution < 1.29 is 58.7 Å². The van der Waals surface area contributed by atoms with Gasteiger partial charge >= 0.3 is 5.97 Å². The Balaban J connectivity index is 1.72. The molecule has 2 saturated heterocycles. The summed E-state index contributed by atoms with van der Waals surface area (Å²) in [6, 6.07) is 19.1. The summed E-state index contributed by atoms with van der Waals surface area (Å²) >= 11 is 5.84. The van der Waals surface area contributed by atoms with Gasteiger partial charge in [0.25, 0.3) is 0 Å². The molecule has 0 unspecified atom stereocenters. The van der Waals surface area contributed by atoms with Crippen molar-refractivity contribution >= 4 is 23.3 Å². The lowest BCUT2D eigenvalue weighted by Crippen LogP contribution is -2.59. The molecule has 0 spiro atoms. The molecule has 2 aromatic rings.